The predicted molar refractivity (Wildman–Crippen MR) is 54.7 cm³/mol. The van der Waals surface area contributed by atoms with E-state index < -0.39 is 0 Å². The van der Waals surface area contributed by atoms with Crippen LogP contribution in [0.15, 0.2) is 0 Å². The molecule has 0 radical (unpaired) electrons. The molecule has 0 spiro atoms. The molecule has 1 saturated heterocycles. The lowest BCUT2D eigenvalue weighted by molar-refractivity contribution is -0.119. The fraction of sp³-hybridized carbons (Fsp3) is 0.909. The van der Waals surface area contributed by atoms with Crippen molar-refractivity contribution in [3.8, 4) is 0 Å². The Labute approximate surface area is 81.3 Å². The fourth-order valence-electron chi connectivity index (χ4n) is 2.67. The number of nitrogens with zero attached hydrogens (tertiary/aromatic N) is 1. The summed E-state index contributed by atoms with van der Waals surface area (Å²) in [7, 11) is 0. The van der Waals surface area contributed by atoms with E-state index in [-0.39, 0.29) is 11.1 Å². The first-order valence-electron chi connectivity index (χ1n) is 5.04. The van der Waals surface area contributed by atoms with Gasteiger partial charge in [0.2, 0.25) is 0 Å². The van der Waals surface area contributed by atoms with Gasteiger partial charge in [0.05, 0.1) is 5.54 Å². The van der Waals surface area contributed by atoms with Crippen molar-refractivity contribution >= 4 is 6.29 Å². The zero-order valence-corrected chi connectivity index (χ0v) is 9.42. The molecule has 0 aromatic rings. The molecule has 1 aliphatic rings. The van der Waals surface area contributed by atoms with E-state index in [4.69, 9.17) is 0 Å². The highest BCUT2D eigenvalue weighted by Crippen LogP contribution is 2.36. The lowest BCUT2D eigenvalue weighted by Crippen LogP contribution is -2.52. The van der Waals surface area contributed by atoms with Gasteiger partial charge in [-0.3, -0.25) is 4.90 Å². The zero-order valence-electron chi connectivity index (χ0n) is 9.42. The normalized spacial score (nSPS) is 29.2. The third-order valence-electron chi connectivity index (χ3n) is 3.06. The molecule has 0 aliphatic carbocycles. The molecule has 1 aliphatic heterocycles. The molecule has 76 valence electrons. The first-order valence-corrected chi connectivity index (χ1v) is 5.04. The molecule has 13 heavy (non-hydrogen) atoms. The number of hydrogen-bond donors (Lipinski definition) is 0. The summed E-state index contributed by atoms with van der Waals surface area (Å²) in [4.78, 5) is 13.3. The molecule has 1 atom stereocenters. The van der Waals surface area contributed by atoms with Crippen molar-refractivity contribution in [2.45, 2.75) is 52.1 Å². The van der Waals surface area contributed by atoms with Crippen LogP contribution in [-0.2, 0) is 4.79 Å². The van der Waals surface area contributed by atoms with E-state index in [2.05, 4.69) is 25.7 Å². The maximum atomic E-state index is 11.0. The Morgan fingerprint density at radius 2 is 2.00 bits per heavy atom. The Bertz CT molecular complexity index is 208. The van der Waals surface area contributed by atoms with Crippen molar-refractivity contribution in [3.05, 3.63) is 0 Å². The molecule has 0 saturated carbocycles. The summed E-state index contributed by atoms with van der Waals surface area (Å²) in [5, 5.41) is 0. The summed E-state index contributed by atoms with van der Waals surface area (Å²) in [5.74, 6) is 0.703. The lowest BCUT2D eigenvalue weighted by Gasteiger charge is -2.40. The van der Waals surface area contributed by atoms with Crippen LogP contribution in [0, 0.1) is 5.92 Å². The SMILES string of the molecule is CC1CN(C(C)(C)C=O)C(C)(C)C1. The largest absolute Gasteiger partial charge is 0.301 e. The van der Waals surface area contributed by atoms with Crippen LogP contribution in [0.1, 0.15) is 41.0 Å². The molecule has 0 aromatic carbocycles. The molecule has 0 aromatic heterocycles. The second-order valence-electron chi connectivity index (χ2n) is 5.50. The highest BCUT2D eigenvalue weighted by molar-refractivity contribution is 5.63. The fourth-order valence-corrected chi connectivity index (χ4v) is 2.67. The smallest absolute Gasteiger partial charge is 0.139 e. The average Bonchev–Trinajstić information content (AvgIpc) is 2.25. The van der Waals surface area contributed by atoms with E-state index in [0.717, 1.165) is 12.8 Å². The third-order valence-corrected chi connectivity index (χ3v) is 3.06. The zero-order chi connectivity index (χ0) is 10.3. The number of rotatable bonds is 2. The Morgan fingerprint density at radius 3 is 2.31 bits per heavy atom. The summed E-state index contributed by atoms with van der Waals surface area (Å²) in [6, 6.07) is 0. The molecule has 1 fully saturated rings. The first kappa shape index (κ1) is 10.7. The number of hydrogen-bond acceptors (Lipinski definition) is 2. The Morgan fingerprint density at radius 1 is 1.46 bits per heavy atom. The second-order valence-corrected chi connectivity index (χ2v) is 5.50. The van der Waals surface area contributed by atoms with Gasteiger partial charge >= 0.3 is 0 Å². The van der Waals surface area contributed by atoms with Gasteiger partial charge in [0.15, 0.2) is 0 Å². The van der Waals surface area contributed by atoms with E-state index >= 15 is 0 Å². The van der Waals surface area contributed by atoms with Crippen LogP contribution in [0.3, 0.4) is 0 Å². The van der Waals surface area contributed by atoms with Gasteiger partial charge in [-0.1, -0.05) is 6.92 Å². The van der Waals surface area contributed by atoms with Gasteiger partial charge in [0, 0.05) is 12.1 Å². The molecule has 2 heteroatoms. The van der Waals surface area contributed by atoms with Crippen molar-refractivity contribution in [1.82, 2.24) is 4.90 Å². The van der Waals surface area contributed by atoms with Gasteiger partial charge in [-0.2, -0.15) is 0 Å². The van der Waals surface area contributed by atoms with E-state index in [1.54, 1.807) is 0 Å². The van der Waals surface area contributed by atoms with Crippen LogP contribution in [0.5, 0.6) is 0 Å². The summed E-state index contributed by atoms with van der Waals surface area (Å²) in [6.45, 7) is 11.7. The van der Waals surface area contributed by atoms with Crippen LogP contribution in [0.4, 0.5) is 0 Å². The van der Waals surface area contributed by atoms with Crippen LogP contribution < -0.4 is 0 Å². The second kappa shape index (κ2) is 3.09. The molecular formula is C11H21NO. The summed E-state index contributed by atoms with van der Waals surface area (Å²) < 4.78 is 0. The van der Waals surface area contributed by atoms with Crippen LogP contribution in [-0.4, -0.2) is 28.8 Å². The van der Waals surface area contributed by atoms with Gasteiger partial charge in [-0.15, -0.1) is 0 Å². The van der Waals surface area contributed by atoms with Crippen LogP contribution >= 0.6 is 0 Å². The Hall–Kier alpha value is -0.370. The molecule has 1 unspecified atom stereocenters. The topological polar surface area (TPSA) is 20.3 Å². The van der Waals surface area contributed by atoms with Crippen molar-refractivity contribution in [1.29, 1.82) is 0 Å². The molecule has 1 rings (SSSR count). The number of aldehydes is 1. The van der Waals surface area contributed by atoms with E-state index in [9.17, 15) is 4.79 Å². The lowest BCUT2D eigenvalue weighted by atomic mass is 9.94. The Kier molecular flexibility index (Phi) is 2.54. The summed E-state index contributed by atoms with van der Waals surface area (Å²) in [6.07, 6.45) is 2.25. The van der Waals surface area contributed by atoms with Crippen molar-refractivity contribution < 1.29 is 4.79 Å². The standard InChI is InChI=1S/C11H21NO/c1-9-6-10(2,3)12(7-9)11(4,5)8-13/h8-9H,6-7H2,1-5H3. The highest BCUT2D eigenvalue weighted by Gasteiger charge is 2.43. The van der Waals surface area contributed by atoms with Crippen molar-refractivity contribution in [2.24, 2.45) is 5.92 Å². The van der Waals surface area contributed by atoms with Crippen LogP contribution in [0.2, 0.25) is 0 Å². The first-order chi connectivity index (χ1) is 5.79. The monoisotopic (exact) mass is 183 g/mol. The predicted octanol–water partition coefficient (Wildman–Crippen LogP) is 2.08. The maximum absolute atomic E-state index is 11.0. The number of carbonyl (C=O) groups excluding carboxylic acids is 1. The number of likely N-dealkylation sites (tertiary alicyclic amines) is 1. The van der Waals surface area contributed by atoms with Gasteiger partial charge < -0.3 is 4.79 Å². The minimum atomic E-state index is -0.311. The summed E-state index contributed by atoms with van der Waals surface area (Å²) in [5.41, 5.74) is -0.141. The van der Waals surface area contributed by atoms with Crippen LogP contribution in [0.25, 0.3) is 0 Å². The molecule has 0 bridgehead atoms. The van der Waals surface area contributed by atoms with Crippen molar-refractivity contribution in [2.75, 3.05) is 6.54 Å². The van der Waals surface area contributed by atoms with Gasteiger partial charge in [0.25, 0.3) is 0 Å². The third kappa shape index (κ3) is 1.93. The molecule has 0 amide bonds. The van der Waals surface area contributed by atoms with E-state index in [1.165, 1.54) is 6.42 Å². The minimum absolute atomic E-state index is 0.170. The van der Waals surface area contributed by atoms with E-state index in [0.29, 0.717) is 5.92 Å². The quantitative estimate of drug-likeness (QED) is 0.611. The minimum Gasteiger partial charge on any atom is -0.301 e. The number of carbonyl (C=O) groups is 1. The van der Waals surface area contributed by atoms with Gasteiger partial charge in [-0.25, -0.2) is 0 Å². The molecule has 1 heterocycles. The van der Waals surface area contributed by atoms with Gasteiger partial charge in [-0.05, 0) is 40.0 Å². The van der Waals surface area contributed by atoms with Crippen molar-refractivity contribution in [3.63, 3.8) is 0 Å². The molecule has 2 nitrogen and oxygen atoms in total. The molecule has 0 N–H and O–H groups in total. The van der Waals surface area contributed by atoms with Gasteiger partial charge in [0.1, 0.15) is 6.29 Å². The average molecular weight is 183 g/mol. The Balaban J connectivity index is 2.86. The molecular weight excluding hydrogens is 162 g/mol. The maximum Gasteiger partial charge on any atom is 0.139 e. The highest BCUT2D eigenvalue weighted by atomic mass is 16.1. The van der Waals surface area contributed by atoms with E-state index in [1.807, 2.05) is 13.8 Å². The summed E-state index contributed by atoms with van der Waals surface area (Å²) >= 11 is 0.